The van der Waals surface area contributed by atoms with Gasteiger partial charge in [-0.2, -0.15) is 0 Å². The Balaban J connectivity index is 1.76. The SMILES string of the molecule is CC(Cc1ccco1)NCc1cc[nH]c1. The number of furan rings is 1. The summed E-state index contributed by atoms with van der Waals surface area (Å²) in [6, 6.07) is 6.43. The first-order chi connectivity index (χ1) is 7.34. The first kappa shape index (κ1) is 10.1. The summed E-state index contributed by atoms with van der Waals surface area (Å²) in [6.45, 7) is 3.06. The smallest absolute Gasteiger partial charge is 0.105 e. The lowest BCUT2D eigenvalue weighted by Gasteiger charge is -2.11. The summed E-state index contributed by atoms with van der Waals surface area (Å²) in [4.78, 5) is 3.04. The van der Waals surface area contributed by atoms with Crippen LogP contribution in [0.15, 0.2) is 41.3 Å². The van der Waals surface area contributed by atoms with Crippen molar-refractivity contribution in [3.63, 3.8) is 0 Å². The van der Waals surface area contributed by atoms with Gasteiger partial charge in [0.05, 0.1) is 6.26 Å². The largest absolute Gasteiger partial charge is 0.469 e. The summed E-state index contributed by atoms with van der Waals surface area (Å²) in [6.07, 6.45) is 6.59. The molecule has 0 fully saturated rings. The second kappa shape index (κ2) is 4.84. The lowest BCUT2D eigenvalue weighted by Crippen LogP contribution is -2.27. The topological polar surface area (TPSA) is 41.0 Å². The van der Waals surface area contributed by atoms with E-state index in [-0.39, 0.29) is 0 Å². The van der Waals surface area contributed by atoms with Crippen LogP contribution in [-0.4, -0.2) is 11.0 Å². The van der Waals surface area contributed by atoms with Crippen molar-refractivity contribution in [1.29, 1.82) is 0 Å². The van der Waals surface area contributed by atoms with E-state index in [4.69, 9.17) is 4.42 Å². The van der Waals surface area contributed by atoms with Crippen molar-refractivity contribution in [2.24, 2.45) is 0 Å². The molecule has 0 amide bonds. The zero-order valence-corrected chi connectivity index (χ0v) is 8.86. The first-order valence-corrected chi connectivity index (χ1v) is 5.22. The predicted molar refractivity (Wildman–Crippen MR) is 59.5 cm³/mol. The van der Waals surface area contributed by atoms with Gasteiger partial charge in [0.25, 0.3) is 0 Å². The molecule has 2 aromatic heterocycles. The molecule has 0 aliphatic heterocycles. The van der Waals surface area contributed by atoms with E-state index in [1.165, 1.54) is 5.56 Å². The van der Waals surface area contributed by atoms with Crippen molar-refractivity contribution >= 4 is 0 Å². The third-order valence-corrected chi connectivity index (χ3v) is 2.40. The van der Waals surface area contributed by atoms with Gasteiger partial charge in [0.1, 0.15) is 5.76 Å². The maximum atomic E-state index is 5.30. The van der Waals surface area contributed by atoms with E-state index >= 15 is 0 Å². The molecular formula is C12H16N2O. The summed E-state index contributed by atoms with van der Waals surface area (Å²) in [5.74, 6) is 1.03. The average Bonchev–Trinajstić information content (AvgIpc) is 2.86. The lowest BCUT2D eigenvalue weighted by molar-refractivity contribution is 0.456. The minimum absolute atomic E-state index is 0.422. The molecule has 3 heteroatoms. The molecule has 0 radical (unpaired) electrons. The van der Waals surface area contributed by atoms with E-state index in [2.05, 4.69) is 23.3 Å². The lowest BCUT2D eigenvalue weighted by atomic mass is 10.2. The standard InChI is InChI=1S/C12H16N2O/c1-10(7-12-3-2-6-15-12)14-9-11-4-5-13-8-11/h2-6,8,10,13-14H,7,9H2,1H3. The molecule has 0 aliphatic rings. The van der Waals surface area contributed by atoms with Gasteiger partial charge in [0.15, 0.2) is 0 Å². The zero-order chi connectivity index (χ0) is 10.5. The average molecular weight is 204 g/mol. The molecule has 15 heavy (non-hydrogen) atoms. The molecule has 3 nitrogen and oxygen atoms in total. The number of aromatic nitrogens is 1. The van der Waals surface area contributed by atoms with E-state index in [1.54, 1.807) is 6.26 Å². The van der Waals surface area contributed by atoms with Gasteiger partial charge in [0.2, 0.25) is 0 Å². The van der Waals surface area contributed by atoms with Crippen molar-refractivity contribution in [2.75, 3.05) is 0 Å². The van der Waals surface area contributed by atoms with E-state index < -0.39 is 0 Å². The summed E-state index contributed by atoms with van der Waals surface area (Å²) in [5, 5.41) is 3.44. The maximum Gasteiger partial charge on any atom is 0.105 e. The van der Waals surface area contributed by atoms with Gasteiger partial charge in [-0.15, -0.1) is 0 Å². The van der Waals surface area contributed by atoms with Crippen LogP contribution >= 0.6 is 0 Å². The Labute approximate surface area is 89.5 Å². The third kappa shape index (κ3) is 2.99. The monoisotopic (exact) mass is 204 g/mol. The molecular weight excluding hydrogens is 188 g/mol. The second-order valence-corrected chi connectivity index (χ2v) is 3.78. The molecule has 2 aromatic rings. The molecule has 0 saturated carbocycles. The number of H-pyrrole nitrogens is 1. The quantitative estimate of drug-likeness (QED) is 0.784. The van der Waals surface area contributed by atoms with Gasteiger partial charge in [0, 0.05) is 31.4 Å². The van der Waals surface area contributed by atoms with Crippen molar-refractivity contribution in [3.05, 3.63) is 48.2 Å². The fourth-order valence-corrected chi connectivity index (χ4v) is 1.56. The molecule has 80 valence electrons. The van der Waals surface area contributed by atoms with Crippen LogP contribution in [0.5, 0.6) is 0 Å². The number of rotatable bonds is 5. The summed E-state index contributed by atoms with van der Waals surface area (Å²) < 4.78 is 5.30. The Morgan fingerprint density at radius 3 is 3.07 bits per heavy atom. The summed E-state index contributed by atoms with van der Waals surface area (Å²) in [5.41, 5.74) is 1.28. The van der Waals surface area contributed by atoms with Gasteiger partial charge in [-0.25, -0.2) is 0 Å². The van der Waals surface area contributed by atoms with Gasteiger partial charge in [-0.1, -0.05) is 0 Å². The highest BCUT2D eigenvalue weighted by Gasteiger charge is 2.04. The molecule has 0 saturated heterocycles. The van der Waals surface area contributed by atoms with Crippen LogP contribution in [-0.2, 0) is 13.0 Å². The van der Waals surface area contributed by atoms with Crippen LogP contribution in [0, 0.1) is 0 Å². The van der Waals surface area contributed by atoms with Crippen LogP contribution in [0.25, 0.3) is 0 Å². The number of hydrogen-bond donors (Lipinski definition) is 2. The zero-order valence-electron chi connectivity index (χ0n) is 8.86. The van der Waals surface area contributed by atoms with Crippen LogP contribution in [0.1, 0.15) is 18.2 Å². The van der Waals surface area contributed by atoms with Crippen molar-refractivity contribution < 1.29 is 4.42 Å². The van der Waals surface area contributed by atoms with Crippen LogP contribution < -0.4 is 5.32 Å². The predicted octanol–water partition coefficient (Wildman–Crippen LogP) is 2.33. The Hall–Kier alpha value is -1.48. The van der Waals surface area contributed by atoms with Crippen molar-refractivity contribution in [2.45, 2.75) is 25.9 Å². The van der Waals surface area contributed by atoms with Gasteiger partial charge in [-0.3, -0.25) is 0 Å². The maximum absolute atomic E-state index is 5.30. The minimum atomic E-state index is 0.422. The van der Waals surface area contributed by atoms with Crippen LogP contribution in [0.3, 0.4) is 0 Å². The molecule has 2 rings (SSSR count). The molecule has 2 N–H and O–H groups in total. The van der Waals surface area contributed by atoms with Crippen LogP contribution in [0.4, 0.5) is 0 Å². The summed E-state index contributed by atoms with van der Waals surface area (Å²) in [7, 11) is 0. The molecule has 1 atom stereocenters. The molecule has 2 heterocycles. The molecule has 1 unspecified atom stereocenters. The molecule has 0 aliphatic carbocycles. The van der Waals surface area contributed by atoms with Gasteiger partial charge >= 0.3 is 0 Å². The Bertz CT molecular complexity index is 364. The normalized spacial score (nSPS) is 12.9. The highest BCUT2D eigenvalue weighted by Crippen LogP contribution is 2.04. The highest BCUT2D eigenvalue weighted by molar-refractivity contribution is 5.08. The third-order valence-electron chi connectivity index (χ3n) is 2.40. The Kier molecular flexibility index (Phi) is 3.25. The summed E-state index contributed by atoms with van der Waals surface area (Å²) >= 11 is 0. The fraction of sp³-hybridized carbons (Fsp3) is 0.333. The van der Waals surface area contributed by atoms with Crippen LogP contribution in [0.2, 0.25) is 0 Å². The van der Waals surface area contributed by atoms with Gasteiger partial charge < -0.3 is 14.7 Å². The minimum Gasteiger partial charge on any atom is -0.469 e. The number of hydrogen-bond acceptors (Lipinski definition) is 2. The van der Waals surface area contributed by atoms with E-state index in [1.807, 2.05) is 24.5 Å². The van der Waals surface area contributed by atoms with E-state index in [9.17, 15) is 0 Å². The van der Waals surface area contributed by atoms with E-state index in [0.717, 1.165) is 18.7 Å². The van der Waals surface area contributed by atoms with E-state index in [0.29, 0.717) is 6.04 Å². The highest BCUT2D eigenvalue weighted by atomic mass is 16.3. The second-order valence-electron chi connectivity index (χ2n) is 3.78. The van der Waals surface area contributed by atoms with Gasteiger partial charge in [-0.05, 0) is 30.7 Å². The first-order valence-electron chi connectivity index (χ1n) is 5.22. The number of aromatic amines is 1. The van der Waals surface area contributed by atoms with Crippen molar-refractivity contribution in [3.8, 4) is 0 Å². The molecule has 0 bridgehead atoms. The number of nitrogens with one attached hydrogen (secondary N) is 2. The van der Waals surface area contributed by atoms with Crippen molar-refractivity contribution in [1.82, 2.24) is 10.3 Å². The molecule has 0 spiro atoms. The molecule has 0 aromatic carbocycles. The Morgan fingerprint density at radius 2 is 2.40 bits per heavy atom. The Morgan fingerprint density at radius 1 is 1.47 bits per heavy atom. The fourth-order valence-electron chi connectivity index (χ4n) is 1.56.